The van der Waals surface area contributed by atoms with Crippen molar-refractivity contribution in [3.8, 4) is 11.8 Å². The minimum atomic E-state index is -0.577. The van der Waals surface area contributed by atoms with Gasteiger partial charge in [0, 0.05) is 44.6 Å². The van der Waals surface area contributed by atoms with Gasteiger partial charge >= 0.3 is 0 Å². The fourth-order valence-electron chi connectivity index (χ4n) is 1.80. The quantitative estimate of drug-likeness (QED) is 0.616. The van der Waals surface area contributed by atoms with Crippen LogP contribution in [-0.2, 0) is 4.79 Å². The van der Waals surface area contributed by atoms with Gasteiger partial charge in [-0.2, -0.15) is 0 Å². The molecule has 0 heterocycles. The van der Waals surface area contributed by atoms with Crippen molar-refractivity contribution >= 4 is 11.8 Å². The Labute approximate surface area is 137 Å². The van der Waals surface area contributed by atoms with Gasteiger partial charge in [0.25, 0.3) is 5.91 Å². The Balaban J connectivity index is 2.53. The Morgan fingerprint density at radius 3 is 2.74 bits per heavy atom. The van der Waals surface area contributed by atoms with Gasteiger partial charge < -0.3 is 15.3 Å². The highest BCUT2D eigenvalue weighted by Crippen LogP contribution is 2.05. The molecule has 0 aliphatic carbocycles. The van der Waals surface area contributed by atoms with Gasteiger partial charge in [0.15, 0.2) is 0 Å². The van der Waals surface area contributed by atoms with E-state index in [1.165, 1.54) is 0 Å². The molecule has 5 nitrogen and oxygen atoms in total. The molecule has 0 spiro atoms. The zero-order chi connectivity index (χ0) is 17.2. The van der Waals surface area contributed by atoms with Crippen LogP contribution in [0.15, 0.2) is 24.3 Å². The van der Waals surface area contributed by atoms with Crippen LogP contribution >= 0.6 is 0 Å². The van der Waals surface area contributed by atoms with E-state index in [4.69, 9.17) is 0 Å². The van der Waals surface area contributed by atoms with Crippen molar-refractivity contribution in [3.05, 3.63) is 35.4 Å². The van der Waals surface area contributed by atoms with E-state index in [0.29, 0.717) is 18.4 Å². The minimum absolute atomic E-state index is 0.101. The number of hydrogen-bond donors (Lipinski definition) is 2. The Hall–Kier alpha value is -2.32. The van der Waals surface area contributed by atoms with Crippen molar-refractivity contribution in [1.29, 1.82) is 0 Å². The normalized spacial score (nSPS) is 11.1. The molecule has 0 fully saturated rings. The van der Waals surface area contributed by atoms with Crippen LogP contribution in [0.4, 0.5) is 0 Å². The first-order valence-electron chi connectivity index (χ1n) is 7.65. The van der Waals surface area contributed by atoms with Gasteiger partial charge in [-0.15, -0.1) is 0 Å². The molecule has 0 radical (unpaired) electrons. The average molecular weight is 316 g/mol. The first-order chi connectivity index (χ1) is 10.9. The standard InChI is InChI=1S/C18H24N2O3/c1-14(21)13-19-18(23)16-10-7-9-15(12-16)8-5-4-6-11-17(22)20(2)3/h7,9-10,12,14,21H,4,6,11,13H2,1-3H3,(H,19,23). The van der Waals surface area contributed by atoms with Crippen molar-refractivity contribution in [3.63, 3.8) is 0 Å². The summed E-state index contributed by atoms with van der Waals surface area (Å²) in [6.07, 6.45) is 1.27. The number of nitrogens with one attached hydrogen (secondary N) is 1. The molecule has 1 unspecified atom stereocenters. The molecule has 5 heteroatoms. The minimum Gasteiger partial charge on any atom is -0.392 e. The average Bonchev–Trinajstić information content (AvgIpc) is 2.52. The lowest BCUT2D eigenvalue weighted by Crippen LogP contribution is -2.30. The zero-order valence-electron chi connectivity index (χ0n) is 13.9. The van der Waals surface area contributed by atoms with Crippen LogP contribution in [0.1, 0.15) is 42.1 Å². The summed E-state index contributed by atoms with van der Waals surface area (Å²) < 4.78 is 0. The molecule has 0 aliphatic rings. The molecule has 23 heavy (non-hydrogen) atoms. The smallest absolute Gasteiger partial charge is 0.251 e. The highest BCUT2D eigenvalue weighted by molar-refractivity contribution is 5.94. The molecule has 124 valence electrons. The third-order valence-electron chi connectivity index (χ3n) is 3.11. The third kappa shape index (κ3) is 7.48. The number of nitrogens with zero attached hydrogens (tertiary/aromatic N) is 1. The van der Waals surface area contributed by atoms with Crippen molar-refractivity contribution in [2.24, 2.45) is 0 Å². The number of benzene rings is 1. The molecule has 2 amide bonds. The number of rotatable bonds is 6. The lowest BCUT2D eigenvalue weighted by molar-refractivity contribution is -0.128. The van der Waals surface area contributed by atoms with Crippen LogP contribution in [0.2, 0.25) is 0 Å². The number of carbonyl (C=O) groups is 2. The molecule has 0 saturated carbocycles. The first kappa shape index (κ1) is 18.7. The van der Waals surface area contributed by atoms with Crippen LogP contribution in [0.5, 0.6) is 0 Å². The van der Waals surface area contributed by atoms with E-state index in [9.17, 15) is 14.7 Å². The SMILES string of the molecule is CC(O)CNC(=O)c1cccc(C#CCCCC(=O)N(C)C)c1. The third-order valence-corrected chi connectivity index (χ3v) is 3.11. The highest BCUT2D eigenvalue weighted by Gasteiger charge is 2.06. The summed E-state index contributed by atoms with van der Waals surface area (Å²) in [6.45, 7) is 1.83. The van der Waals surface area contributed by atoms with Crippen molar-refractivity contribution in [1.82, 2.24) is 10.2 Å². The Morgan fingerprint density at radius 1 is 1.35 bits per heavy atom. The number of aliphatic hydroxyl groups is 1. The number of unbranched alkanes of at least 4 members (excludes halogenated alkanes) is 1. The Bertz CT molecular complexity index is 598. The van der Waals surface area contributed by atoms with Gasteiger partial charge in [0.05, 0.1) is 6.10 Å². The molecule has 1 rings (SSSR count). The van der Waals surface area contributed by atoms with Gasteiger partial charge in [0.1, 0.15) is 0 Å². The van der Waals surface area contributed by atoms with E-state index in [1.807, 2.05) is 6.07 Å². The molecular formula is C18H24N2O3. The second-order valence-corrected chi connectivity index (χ2v) is 5.58. The Morgan fingerprint density at radius 2 is 2.09 bits per heavy atom. The fraction of sp³-hybridized carbons (Fsp3) is 0.444. The maximum absolute atomic E-state index is 11.9. The van der Waals surface area contributed by atoms with E-state index in [1.54, 1.807) is 44.1 Å². The molecule has 0 saturated heterocycles. The highest BCUT2D eigenvalue weighted by atomic mass is 16.3. The van der Waals surface area contributed by atoms with Gasteiger partial charge in [-0.3, -0.25) is 9.59 Å². The molecule has 1 aromatic carbocycles. The van der Waals surface area contributed by atoms with E-state index < -0.39 is 6.10 Å². The summed E-state index contributed by atoms with van der Waals surface area (Å²) in [6, 6.07) is 7.04. The summed E-state index contributed by atoms with van der Waals surface area (Å²) in [5.41, 5.74) is 1.27. The molecule has 0 aliphatic heterocycles. The van der Waals surface area contributed by atoms with Gasteiger partial charge in [0.2, 0.25) is 5.91 Å². The van der Waals surface area contributed by atoms with Crippen molar-refractivity contribution in [2.45, 2.75) is 32.3 Å². The zero-order valence-corrected chi connectivity index (χ0v) is 13.9. The Kier molecular flexibility index (Phi) is 7.86. The lowest BCUT2D eigenvalue weighted by Gasteiger charge is -2.08. The molecule has 0 bridgehead atoms. The molecule has 1 atom stereocenters. The number of hydrogen-bond acceptors (Lipinski definition) is 3. The lowest BCUT2D eigenvalue weighted by atomic mass is 10.1. The fourth-order valence-corrected chi connectivity index (χ4v) is 1.80. The van der Waals surface area contributed by atoms with Gasteiger partial charge in [-0.25, -0.2) is 0 Å². The summed E-state index contributed by atoms with van der Waals surface area (Å²) in [5.74, 6) is 5.89. The monoisotopic (exact) mass is 316 g/mol. The van der Waals surface area contributed by atoms with E-state index in [2.05, 4.69) is 17.2 Å². The van der Waals surface area contributed by atoms with E-state index in [0.717, 1.165) is 12.0 Å². The molecule has 1 aromatic rings. The molecule has 2 N–H and O–H groups in total. The summed E-state index contributed by atoms with van der Waals surface area (Å²) in [5, 5.41) is 11.8. The van der Waals surface area contributed by atoms with Gasteiger partial charge in [-0.05, 0) is 31.5 Å². The van der Waals surface area contributed by atoms with Crippen LogP contribution < -0.4 is 5.32 Å². The molecule has 0 aromatic heterocycles. The number of aliphatic hydroxyl groups excluding tert-OH is 1. The predicted octanol–water partition coefficient (Wildman–Crippen LogP) is 1.41. The van der Waals surface area contributed by atoms with E-state index in [-0.39, 0.29) is 18.4 Å². The second-order valence-electron chi connectivity index (χ2n) is 5.58. The van der Waals surface area contributed by atoms with Crippen LogP contribution in [0, 0.1) is 11.8 Å². The number of amides is 2. The molecular weight excluding hydrogens is 292 g/mol. The van der Waals surface area contributed by atoms with Crippen molar-refractivity contribution < 1.29 is 14.7 Å². The summed E-state index contributed by atoms with van der Waals surface area (Å²) in [4.78, 5) is 24.9. The van der Waals surface area contributed by atoms with E-state index >= 15 is 0 Å². The van der Waals surface area contributed by atoms with Crippen LogP contribution in [0.3, 0.4) is 0 Å². The maximum Gasteiger partial charge on any atom is 0.251 e. The topological polar surface area (TPSA) is 69.6 Å². The number of carbonyl (C=O) groups excluding carboxylic acids is 2. The van der Waals surface area contributed by atoms with Crippen LogP contribution in [-0.4, -0.2) is 48.6 Å². The van der Waals surface area contributed by atoms with Crippen molar-refractivity contribution in [2.75, 3.05) is 20.6 Å². The van der Waals surface area contributed by atoms with Gasteiger partial charge in [-0.1, -0.05) is 17.9 Å². The largest absolute Gasteiger partial charge is 0.392 e. The van der Waals surface area contributed by atoms with Crippen LogP contribution in [0.25, 0.3) is 0 Å². The first-order valence-corrected chi connectivity index (χ1v) is 7.65. The second kappa shape index (κ2) is 9.65. The predicted molar refractivity (Wildman–Crippen MR) is 89.9 cm³/mol. The summed E-state index contributed by atoms with van der Waals surface area (Å²) in [7, 11) is 3.48. The summed E-state index contributed by atoms with van der Waals surface area (Å²) >= 11 is 0. The maximum atomic E-state index is 11.9.